The summed E-state index contributed by atoms with van der Waals surface area (Å²) in [6, 6.07) is 10.6. The van der Waals surface area contributed by atoms with E-state index in [1.165, 1.54) is 30.2 Å². The predicted octanol–water partition coefficient (Wildman–Crippen LogP) is 2.13. The molecule has 1 aromatic rings. The Bertz CT molecular complexity index is 296. The first-order valence-corrected chi connectivity index (χ1v) is 7.12. The van der Waals surface area contributed by atoms with Gasteiger partial charge in [0.25, 0.3) is 0 Å². The maximum atomic E-state index is 6.18. The summed E-state index contributed by atoms with van der Waals surface area (Å²) in [5.74, 6) is 2.56. The van der Waals surface area contributed by atoms with Crippen molar-refractivity contribution in [1.29, 1.82) is 0 Å². The van der Waals surface area contributed by atoms with E-state index in [0.717, 1.165) is 13.0 Å². The molecule has 1 saturated heterocycles. The molecule has 0 aliphatic carbocycles. The van der Waals surface area contributed by atoms with Crippen molar-refractivity contribution in [3.63, 3.8) is 0 Å². The van der Waals surface area contributed by atoms with Crippen molar-refractivity contribution in [1.82, 2.24) is 4.90 Å². The van der Waals surface area contributed by atoms with Crippen LogP contribution in [0.15, 0.2) is 30.3 Å². The van der Waals surface area contributed by atoms with Crippen molar-refractivity contribution in [2.45, 2.75) is 12.5 Å². The molecule has 0 spiro atoms. The second-order valence-corrected chi connectivity index (χ2v) is 5.48. The zero-order valence-electron chi connectivity index (χ0n) is 9.64. The van der Waals surface area contributed by atoms with Crippen molar-refractivity contribution in [2.24, 2.45) is 5.73 Å². The highest BCUT2D eigenvalue weighted by atomic mass is 32.2. The molecule has 1 fully saturated rings. The molecule has 1 aromatic carbocycles. The molecule has 0 bridgehead atoms. The van der Waals surface area contributed by atoms with Crippen LogP contribution in [0.5, 0.6) is 0 Å². The van der Waals surface area contributed by atoms with E-state index in [4.69, 9.17) is 5.73 Å². The van der Waals surface area contributed by atoms with Gasteiger partial charge >= 0.3 is 0 Å². The van der Waals surface area contributed by atoms with Gasteiger partial charge in [-0.3, -0.25) is 0 Å². The zero-order valence-corrected chi connectivity index (χ0v) is 10.5. The molecule has 0 saturated carbocycles. The van der Waals surface area contributed by atoms with Crippen molar-refractivity contribution < 1.29 is 0 Å². The fourth-order valence-corrected chi connectivity index (χ4v) is 2.99. The van der Waals surface area contributed by atoms with E-state index in [9.17, 15) is 0 Å². The molecule has 0 amide bonds. The third-order valence-electron chi connectivity index (χ3n) is 3.09. The van der Waals surface area contributed by atoms with Crippen molar-refractivity contribution in [3.8, 4) is 0 Å². The minimum atomic E-state index is 0.191. The quantitative estimate of drug-likeness (QED) is 0.868. The number of benzene rings is 1. The maximum absolute atomic E-state index is 6.18. The Morgan fingerprint density at radius 1 is 1.19 bits per heavy atom. The van der Waals surface area contributed by atoms with Crippen molar-refractivity contribution in [3.05, 3.63) is 35.9 Å². The van der Waals surface area contributed by atoms with Gasteiger partial charge in [-0.1, -0.05) is 30.3 Å². The highest BCUT2D eigenvalue weighted by molar-refractivity contribution is 7.99. The van der Waals surface area contributed by atoms with Crippen LogP contribution in [0.2, 0.25) is 0 Å². The Labute approximate surface area is 102 Å². The first-order chi connectivity index (χ1) is 7.86. The summed E-state index contributed by atoms with van der Waals surface area (Å²) in [6.45, 7) is 3.59. The molecular formula is C13H20N2S. The SMILES string of the molecule is NC(CCN1CCSCC1)c1ccccc1. The van der Waals surface area contributed by atoms with E-state index in [-0.39, 0.29) is 6.04 Å². The van der Waals surface area contributed by atoms with Gasteiger partial charge in [0.05, 0.1) is 0 Å². The molecule has 2 rings (SSSR count). The van der Waals surface area contributed by atoms with Gasteiger partial charge in [0.15, 0.2) is 0 Å². The van der Waals surface area contributed by atoms with Crippen LogP contribution in [0.3, 0.4) is 0 Å². The molecule has 1 aliphatic heterocycles. The van der Waals surface area contributed by atoms with Gasteiger partial charge in [0.2, 0.25) is 0 Å². The summed E-state index contributed by atoms with van der Waals surface area (Å²) < 4.78 is 0. The Morgan fingerprint density at radius 3 is 2.56 bits per heavy atom. The summed E-state index contributed by atoms with van der Waals surface area (Å²) in [6.07, 6.45) is 1.06. The molecule has 1 heterocycles. The molecule has 2 nitrogen and oxygen atoms in total. The second kappa shape index (κ2) is 6.28. The number of nitrogens with two attached hydrogens (primary N) is 1. The van der Waals surface area contributed by atoms with E-state index in [1.807, 2.05) is 6.07 Å². The Balaban J connectivity index is 1.77. The Hall–Kier alpha value is -0.510. The molecule has 16 heavy (non-hydrogen) atoms. The number of hydrogen-bond acceptors (Lipinski definition) is 3. The molecule has 1 unspecified atom stereocenters. The normalized spacial score (nSPS) is 19.6. The third kappa shape index (κ3) is 3.51. The van der Waals surface area contributed by atoms with Crippen LogP contribution in [0.25, 0.3) is 0 Å². The summed E-state index contributed by atoms with van der Waals surface area (Å²) in [5, 5.41) is 0. The summed E-state index contributed by atoms with van der Waals surface area (Å²) >= 11 is 2.06. The summed E-state index contributed by atoms with van der Waals surface area (Å²) in [7, 11) is 0. The Morgan fingerprint density at radius 2 is 1.88 bits per heavy atom. The van der Waals surface area contributed by atoms with Gasteiger partial charge < -0.3 is 10.6 Å². The molecular weight excluding hydrogens is 216 g/mol. The van der Waals surface area contributed by atoms with Crippen LogP contribution in [0.4, 0.5) is 0 Å². The summed E-state index contributed by atoms with van der Waals surface area (Å²) in [4.78, 5) is 2.53. The van der Waals surface area contributed by atoms with Gasteiger partial charge in [-0.25, -0.2) is 0 Å². The highest BCUT2D eigenvalue weighted by Gasteiger charge is 2.12. The van der Waals surface area contributed by atoms with Crippen LogP contribution >= 0.6 is 11.8 Å². The highest BCUT2D eigenvalue weighted by Crippen LogP contribution is 2.15. The molecule has 88 valence electrons. The zero-order chi connectivity index (χ0) is 11.2. The number of thioether (sulfide) groups is 1. The Kier molecular flexibility index (Phi) is 4.69. The number of hydrogen-bond donors (Lipinski definition) is 1. The lowest BCUT2D eigenvalue weighted by Crippen LogP contribution is -2.34. The van der Waals surface area contributed by atoms with E-state index < -0.39 is 0 Å². The fraction of sp³-hybridized carbons (Fsp3) is 0.538. The topological polar surface area (TPSA) is 29.3 Å². The van der Waals surface area contributed by atoms with Crippen LogP contribution < -0.4 is 5.73 Å². The molecule has 0 aromatic heterocycles. The lowest BCUT2D eigenvalue weighted by molar-refractivity contribution is 0.289. The molecule has 1 atom stereocenters. The van der Waals surface area contributed by atoms with Crippen molar-refractivity contribution in [2.75, 3.05) is 31.1 Å². The van der Waals surface area contributed by atoms with Gasteiger partial charge in [0.1, 0.15) is 0 Å². The first-order valence-electron chi connectivity index (χ1n) is 5.97. The number of nitrogens with zero attached hydrogens (tertiary/aromatic N) is 1. The smallest absolute Gasteiger partial charge is 0.0307 e. The standard InChI is InChI=1S/C13H20N2S/c14-13(12-4-2-1-3-5-12)6-7-15-8-10-16-11-9-15/h1-5,13H,6-11,14H2. The largest absolute Gasteiger partial charge is 0.324 e. The number of rotatable bonds is 4. The van der Waals surface area contributed by atoms with Crippen LogP contribution in [-0.4, -0.2) is 36.0 Å². The van der Waals surface area contributed by atoms with E-state index in [0.29, 0.717) is 0 Å². The summed E-state index contributed by atoms with van der Waals surface area (Å²) in [5.41, 5.74) is 7.44. The third-order valence-corrected chi connectivity index (χ3v) is 4.03. The molecule has 3 heteroatoms. The maximum Gasteiger partial charge on any atom is 0.0307 e. The van der Waals surface area contributed by atoms with E-state index >= 15 is 0 Å². The van der Waals surface area contributed by atoms with Gasteiger partial charge in [0, 0.05) is 37.2 Å². The first kappa shape index (κ1) is 12.0. The minimum absolute atomic E-state index is 0.191. The lowest BCUT2D eigenvalue weighted by atomic mass is 10.0. The average molecular weight is 236 g/mol. The van der Waals surface area contributed by atoms with E-state index in [1.54, 1.807) is 0 Å². The monoisotopic (exact) mass is 236 g/mol. The van der Waals surface area contributed by atoms with Gasteiger partial charge in [-0.15, -0.1) is 0 Å². The van der Waals surface area contributed by atoms with Crippen LogP contribution in [0.1, 0.15) is 18.0 Å². The van der Waals surface area contributed by atoms with Crippen LogP contribution in [-0.2, 0) is 0 Å². The van der Waals surface area contributed by atoms with Crippen molar-refractivity contribution >= 4 is 11.8 Å². The second-order valence-electron chi connectivity index (χ2n) is 4.26. The molecule has 1 aliphatic rings. The van der Waals surface area contributed by atoms with Crippen LogP contribution in [0, 0.1) is 0 Å². The van der Waals surface area contributed by atoms with E-state index in [2.05, 4.69) is 40.9 Å². The average Bonchev–Trinajstić information content (AvgIpc) is 2.38. The van der Waals surface area contributed by atoms with Gasteiger partial charge in [-0.05, 0) is 12.0 Å². The molecule has 0 radical (unpaired) electrons. The predicted molar refractivity (Wildman–Crippen MR) is 71.8 cm³/mol. The minimum Gasteiger partial charge on any atom is -0.324 e. The molecule has 2 N–H and O–H groups in total. The fourth-order valence-electron chi connectivity index (χ4n) is 2.01. The van der Waals surface area contributed by atoms with Gasteiger partial charge in [-0.2, -0.15) is 11.8 Å². The lowest BCUT2D eigenvalue weighted by Gasteiger charge is -2.27.